The SMILES string of the molecule is COC(=O)NC1CCN(CC(O)CN2CCNCC2)C1. The number of ether oxygens (including phenoxy) is 1. The van der Waals surface area contributed by atoms with Crippen molar-refractivity contribution in [2.45, 2.75) is 18.6 Å². The number of methoxy groups -OCH3 is 1. The minimum atomic E-state index is -0.377. The molecule has 7 nitrogen and oxygen atoms in total. The van der Waals surface area contributed by atoms with Crippen molar-refractivity contribution in [2.75, 3.05) is 59.5 Å². The highest BCUT2D eigenvalue weighted by atomic mass is 16.5. The van der Waals surface area contributed by atoms with Crippen molar-refractivity contribution < 1.29 is 14.6 Å². The highest BCUT2D eigenvalue weighted by molar-refractivity contribution is 5.67. The molecule has 0 aromatic rings. The molecule has 20 heavy (non-hydrogen) atoms. The second-order valence-electron chi connectivity index (χ2n) is 5.59. The van der Waals surface area contributed by atoms with Crippen LogP contribution in [-0.2, 0) is 4.74 Å². The van der Waals surface area contributed by atoms with E-state index in [0.717, 1.165) is 52.2 Å². The summed E-state index contributed by atoms with van der Waals surface area (Å²) >= 11 is 0. The van der Waals surface area contributed by atoms with Crippen molar-refractivity contribution in [2.24, 2.45) is 0 Å². The Balaban J connectivity index is 1.64. The summed E-state index contributed by atoms with van der Waals surface area (Å²) in [6.07, 6.45) is 0.207. The van der Waals surface area contributed by atoms with Crippen LogP contribution in [0.2, 0.25) is 0 Å². The van der Waals surface area contributed by atoms with E-state index < -0.39 is 0 Å². The third-order valence-corrected chi connectivity index (χ3v) is 3.93. The highest BCUT2D eigenvalue weighted by Crippen LogP contribution is 2.10. The van der Waals surface area contributed by atoms with Crippen molar-refractivity contribution in [1.82, 2.24) is 20.4 Å². The van der Waals surface area contributed by atoms with Gasteiger partial charge in [0.2, 0.25) is 0 Å². The molecular weight excluding hydrogens is 260 g/mol. The Morgan fingerprint density at radius 3 is 2.75 bits per heavy atom. The lowest BCUT2D eigenvalue weighted by Crippen LogP contribution is -2.48. The van der Waals surface area contributed by atoms with E-state index in [1.807, 2.05) is 0 Å². The Morgan fingerprint density at radius 2 is 2.05 bits per heavy atom. The number of hydrogen-bond donors (Lipinski definition) is 3. The molecule has 2 aliphatic rings. The summed E-state index contributed by atoms with van der Waals surface area (Å²) < 4.78 is 4.60. The van der Waals surface area contributed by atoms with E-state index in [-0.39, 0.29) is 18.2 Å². The molecule has 1 amide bonds. The van der Waals surface area contributed by atoms with Gasteiger partial charge in [0.25, 0.3) is 0 Å². The molecule has 0 aliphatic carbocycles. The molecule has 2 saturated heterocycles. The molecule has 2 fully saturated rings. The van der Waals surface area contributed by atoms with Crippen LogP contribution in [0.1, 0.15) is 6.42 Å². The van der Waals surface area contributed by atoms with Crippen molar-refractivity contribution >= 4 is 6.09 Å². The molecule has 0 aromatic carbocycles. The van der Waals surface area contributed by atoms with Crippen LogP contribution in [0.15, 0.2) is 0 Å². The van der Waals surface area contributed by atoms with Crippen molar-refractivity contribution in [1.29, 1.82) is 0 Å². The number of nitrogens with zero attached hydrogens (tertiary/aromatic N) is 2. The second-order valence-corrected chi connectivity index (χ2v) is 5.59. The number of β-amino-alcohol motifs (C(OH)–C–C–N with tert-alkyl or cyclic N) is 1. The monoisotopic (exact) mass is 286 g/mol. The van der Waals surface area contributed by atoms with Gasteiger partial charge in [0.1, 0.15) is 0 Å². The number of hydrogen-bond acceptors (Lipinski definition) is 6. The number of carbonyl (C=O) groups excluding carboxylic acids is 1. The van der Waals surface area contributed by atoms with Crippen LogP contribution < -0.4 is 10.6 Å². The molecule has 2 rings (SSSR count). The van der Waals surface area contributed by atoms with E-state index >= 15 is 0 Å². The van der Waals surface area contributed by atoms with Gasteiger partial charge in [-0.25, -0.2) is 4.79 Å². The standard InChI is InChI=1S/C13H26N4O3/c1-20-13(19)15-11-2-5-17(8-11)10-12(18)9-16-6-3-14-4-7-16/h11-12,14,18H,2-10H2,1H3,(H,15,19). The number of amides is 1. The quantitative estimate of drug-likeness (QED) is 0.582. The fourth-order valence-electron chi connectivity index (χ4n) is 2.89. The molecule has 2 aliphatic heterocycles. The Morgan fingerprint density at radius 1 is 1.35 bits per heavy atom. The molecule has 2 atom stereocenters. The van der Waals surface area contributed by atoms with E-state index in [0.29, 0.717) is 6.54 Å². The van der Waals surface area contributed by atoms with Crippen LogP contribution in [0, 0.1) is 0 Å². The topological polar surface area (TPSA) is 77.1 Å². The number of piperazine rings is 1. The number of alkyl carbamates (subject to hydrolysis) is 1. The van der Waals surface area contributed by atoms with Crippen LogP contribution in [0.4, 0.5) is 4.79 Å². The zero-order valence-electron chi connectivity index (χ0n) is 12.2. The predicted molar refractivity (Wildman–Crippen MR) is 75.7 cm³/mol. The van der Waals surface area contributed by atoms with E-state index in [1.54, 1.807) is 0 Å². The highest BCUT2D eigenvalue weighted by Gasteiger charge is 2.26. The smallest absolute Gasteiger partial charge is 0.407 e. The summed E-state index contributed by atoms with van der Waals surface area (Å²) in [4.78, 5) is 15.6. The average Bonchev–Trinajstić information content (AvgIpc) is 2.86. The first kappa shape index (κ1) is 15.5. The average molecular weight is 286 g/mol. The van der Waals surface area contributed by atoms with E-state index in [2.05, 4.69) is 25.2 Å². The van der Waals surface area contributed by atoms with E-state index in [4.69, 9.17) is 0 Å². The summed E-state index contributed by atoms with van der Waals surface area (Å²) in [6.45, 7) is 7.10. The Kier molecular flexibility index (Phi) is 6.03. The van der Waals surface area contributed by atoms with Crippen molar-refractivity contribution in [3.8, 4) is 0 Å². The van der Waals surface area contributed by atoms with Crippen LogP contribution in [0.5, 0.6) is 0 Å². The molecule has 7 heteroatoms. The van der Waals surface area contributed by atoms with Gasteiger partial charge < -0.3 is 20.5 Å². The van der Waals surface area contributed by atoms with Crippen LogP contribution in [0.25, 0.3) is 0 Å². The van der Waals surface area contributed by atoms with Crippen LogP contribution in [0.3, 0.4) is 0 Å². The molecule has 116 valence electrons. The Hall–Kier alpha value is -0.890. The fourth-order valence-corrected chi connectivity index (χ4v) is 2.89. The summed E-state index contributed by atoms with van der Waals surface area (Å²) in [5.74, 6) is 0. The number of likely N-dealkylation sites (tertiary alicyclic amines) is 1. The number of nitrogens with one attached hydrogen (secondary N) is 2. The van der Waals surface area contributed by atoms with Gasteiger partial charge in [0.05, 0.1) is 13.2 Å². The van der Waals surface area contributed by atoms with Crippen LogP contribution >= 0.6 is 0 Å². The zero-order valence-corrected chi connectivity index (χ0v) is 12.2. The summed E-state index contributed by atoms with van der Waals surface area (Å²) in [5, 5.41) is 16.3. The third-order valence-electron chi connectivity index (χ3n) is 3.93. The second kappa shape index (κ2) is 7.78. The zero-order chi connectivity index (χ0) is 14.4. The maximum atomic E-state index is 11.1. The molecule has 0 saturated carbocycles. The first-order valence-electron chi connectivity index (χ1n) is 7.35. The van der Waals surface area contributed by atoms with Gasteiger partial charge in [-0.2, -0.15) is 0 Å². The van der Waals surface area contributed by atoms with Gasteiger partial charge in [0.15, 0.2) is 0 Å². The maximum Gasteiger partial charge on any atom is 0.407 e. The Labute approximate surface area is 120 Å². The number of aliphatic hydroxyl groups is 1. The van der Waals surface area contributed by atoms with Gasteiger partial charge in [0, 0.05) is 58.4 Å². The van der Waals surface area contributed by atoms with E-state index in [9.17, 15) is 9.90 Å². The van der Waals surface area contributed by atoms with Gasteiger partial charge in [-0.15, -0.1) is 0 Å². The lowest BCUT2D eigenvalue weighted by Gasteiger charge is -2.30. The largest absolute Gasteiger partial charge is 0.453 e. The summed E-state index contributed by atoms with van der Waals surface area (Å²) in [6, 6.07) is 0.133. The molecule has 0 bridgehead atoms. The lowest BCUT2D eigenvalue weighted by molar-refractivity contribution is 0.0759. The minimum absolute atomic E-state index is 0.133. The predicted octanol–water partition coefficient (Wildman–Crippen LogP) is -1.32. The molecule has 2 unspecified atom stereocenters. The first-order chi connectivity index (χ1) is 9.67. The first-order valence-corrected chi connectivity index (χ1v) is 7.35. The Bertz CT molecular complexity index is 310. The van der Waals surface area contributed by atoms with Gasteiger partial charge >= 0.3 is 6.09 Å². The van der Waals surface area contributed by atoms with Gasteiger partial charge in [-0.1, -0.05) is 0 Å². The molecule has 0 spiro atoms. The number of carbonyl (C=O) groups is 1. The molecule has 3 N–H and O–H groups in total. The number of aliphatic hydroxyl groups excluding tert-OH is 1. The minimum Gasteiger partial charge on any atom is -0.453 e. The lowest BCUT2D eigenvalue weighted by atomic mass is 10.2. The normalized spacial score (nSPS) is 26.4. The van der Waals surface area contributed by atoms with Crippen molar-refractivity contribution in [3.05, 3.63) is 0 Å². The van der Waals surface area contributed by atoms with E-state index in [1.165, 1.54) is 7.11 Å². The summed E-state index contributed by atoms with van der Waals surface area (Å²) in [5.41, 5.74) is 0. The van der Waals surface area contributed by atoms with Gasteiger partial charge in [-0.05, 0) is 6.42 Å². The van der Waals surface area contributed by atoms with Gasteiger partial charge in [-0.3, -0.25) is 9.80 Å². The molecule has 0 aromatic heterocycles. The molecule has 0 radical (unpaired) electrons. The molecular formula is C13H26N4O3. The van der Waals surface area contributed by atoms with Crippen molar-refractivity contribution in [3.63, 3.8) is 0 Å². The summed E-state index contributed by atoms with van der Waals surface area (Å²) in [7, 11) is 1.37. The fraction of sp³-hybridized carbons (Fsp3) is 0.923. The molecule has 2 heterocycles. The third kappa shape index (κ3) is 4.90. The number of rotatable bonds is 5. The van der Waals surface area contributed by atoms with Crippen LogP contribution in [-0.4, -0.2) is 92.6 Å². The maximum absolute atomic E-state index is 11.1.